The van der Waals surface area contributed by atoms with Crippen LogP contribution in [-0.2, 0) is 17.8 Å². The van der Waals surface area contributed by atoms with Gasteiger partial charge >= 0.3 is 0 Å². The SMILES string of the molecule is Cc1ccccc1CNC(=O)CN(C)[C@H]1CCCc2ccccc21. The lowest BCUT2D eigenvalue weighted by molar-refractivity contribution is -0.122. The Morgan fingerprint density at radius 3 is 2.75 bits per heavy atom. The minimum Gasteiger partial charge on any atom is -0.351 e. The van der Waals surface area contributed by atoms with Crippen molar-refractivity contribution >= 4 is 5.91 Å². The number of fused-ring (bicyclic) bond motifs is 1. The van der Waals surface area contributed by atoms with Crippen molar-refractivity contribution in [2.24, 2.45) is 0 Å². The number of carbonyl (C=O) groups excluding carboxylic acids is 1. The predicted octanol–water partition coefficient (Wildman–Crippen LogP) is 3.62. The molecular weight excluding hydrogens is 296 g/mol. The number of amides is 1. The molecule has 1 amide bonds. The van der Waals surface area contributed by atoms with Crippen LogP contribution in [-0.4, -0.2) is 24.4 Å². The molecule has 24 heavy (non-hydrogen) atoms. The summed E-state index contributed by atoms with van der Waals surface area (Å²) in [6, 6.07) is 17.2. The molecule has 2 aromatic carbocycles. The van der Waals surface area contributed by atoms with Crippen LogP contribution in [0.3, 0.4) is 0 Å². The highest BCUT2D eigenvalue weighted by Gasteiger charge is 2.24. The second kappa shape index (κ2) is 7.63. The smallest absolute Gasteiger partial charge is 0.234 e. The molecule has 126 valence electrons. The van der Waals surface area contributed by atoms with E-state index < -0.39 is 0 Å². The number of benzene rings is 2. The molecule has 0 heterocycles. The van der Waals surface area contributed by atoms with Gasteiger partial charge in [0.1, 0.15) is 0 Å². The van der Waals surface area contributed by atoms with Gasteiger partial charge in [-0.2, -0.15) is 0 Å². The van der Waals surface area contributed by atoms with Gasteiger partial charge in [-0.05, 0) is 55.5 Å². The highest BCUT2D eigenvalue weighted by atomic mass is 16.2. The second-order valence-electron chi connectivity index (χ2n) is 6.73. The summed E-state index contributed by atoms with van der Waals surface area (Å²) in [5, 5.41) is 3.05. The van der Waals surface area contributed by atoms with Gasteiger partial charge in [0.2, 0.25) is 5.91 Å². The molecule has 0 radical (unpaired) electrons. The molecule has 0 saturated carbocycles. The van der Waals surface area contributed by atoms with Crippen LogP contribution >= 0.6 is 0 Å². The number of nitrogens with zero attached hydrogens (tertiary/aromatic N) is 1. The largest absolute Gasteiger partial charge is 0.351 e. The summed E-state index contributed by atoms with van der Waals surface area (Å²) >= 11 is 0. The first-order valence-electron chi connectivity index (χ1n) is 8.74. The van der Waals surface area contributed by atoms with Gasteiger partial charge in [0.15, 0.2) is 0 Å². The third-order valence-electron chi connectivity index (χ3n) is 5.00. The first-order chi connectivity index (χ1) is 11.6. The number of aryl methyl sites for hydroxylation is 2. The first kappa shape index (κ1) is 16.7. The van der Waals surface area contributed by atoms with E-state index in [0.717, 1.165) is 12.8 Å². The maximum absolute atomic E-state index is 12.3. The topological polar surface area (TPSA) is 32.3 Å². The van der Waals surface area contributed by atoms with Crippen molar-refractivity contribution in [3.8, 4) is 0 Å². The Morgan fingerprint density at radius 1 is 1.17 bits per heavy atom. The van der Waals surface area contributed by atoms with Crippen LogP contribution in [0.25, 0.3) is 0 Å². The summed E-state index contributed by atoms with van der Waals surface area (Å²) in [5.41, 5.74) is 5.21. The van der Waals surface area contributed by atoms with Crippen molar-refractivity contribution in [2.45, 2.75) is 38.8 Å². The lowest BCUT2D eigenvalue weighted by atomic mass is 9.87. The normalized spacial score (nSPS) is 16.7. The number of carbonyl (C=O) groups is 1. The summed E-state index contributed by atoms with van der Waals surface area (Å²) in [6.07, 6.45) is 3.47. The fourth-order valence-electron chi connectivity index (χ4n) is 3.58. The van der Waals surface area contributed by atoms with Crippen LogP contribution < -0.4 is 5.32 Å². The Balaban J connectivity index is 1.58. The zero-order chi connectivity index (χ0) is 16.9. The average Bonchev–Trinajstić information content (AvgIpc) is 2.60. The number of likely N-dealkylation sites (N-methyl/N-ethyl adjacent to an activating group) is 1. The highest BCUT2D eigenvalue weighted by Crippen LogP contribution is 2.33. The molecule has 0 bridgehead atoms. The predicted molar refractivity (Wildman–Crippen MR) is 97.8 cm³/mol. The Morgan fingerprint density at radius 2 is 1.92 bits per heavy atom. The van der Waals surface area contributed by atoms with E-state index in [-0.39, 0.29) is 5.91 Å². The van der Waals surface area contributed by atoms with Gasteiger partial charge in [0.05, 0.1) is 6.54 Å². The molecule has 0 aliphatic heterocycles. The lowest BCUT2D eigenvalue weighted by Gasteiger charge is -2.32. The van der Waals surface area contributed by atoms with Crippen molar-refractivity contribution in [1.29, 1.82) is 0 Å². The minimum atomic E-state index is 0.0869. The molecule has 2 aromatic rings. The van der Waals surface area contributed by atoms with E-state index in [0.29, 0.717) is 19.1 Å². The van der Waals surface area contributed by atoms with E-state index in [1.54, 1.807) is 0 Å². The molecule has 3 nitrogen and oxygen atoms in total. The zero-order valence-electron chi connectivity index (χ0n) is 14.6. The Bertz CT molecular complexity index is 710. The van der Waals surface area contributed by atoms with Gasteiger partial charge in [0.25, 0.3) is 0 Å². The lowest BCUT2D eigenvalue weighted by Crippen LogP contribution is -2.38. The summed E-state index contributed by atoms with van der Waals surface area (Å²) in [5.74, 6) is 0.0869. The van der Waals surface area contributed by atoms with E-state index >= 15 is 0 Å². The summed E-state index contributed by atoms with van der Waals surface area (Å²) in [6.45, 7) is 3.11. The Labute approximate surface area is 144 Å². The summed E-state index contributed by atoms with van der Waals surface area (Å²) in [4.78, 5) is 14.5. The quantitative estimate of drug-likeness (QED) is 0.912. The van der Waals surface area contributed by atoms with Crippen LogP contribution in [0.1, 0.15) is 41.1 Å². The molecule has 1 N–H and O–H groups in total. The van der Waals surface area contributed by atoms with E-state index in [9.17, 15) is 4.79 Å². The van der Waals surface area contributed by atoms with Crippen molar-refractivity contribution in [1.82, 2.24) is 10.2 Å². The fourth-order valence-corrected chi connectivity index (χ4v) is 3.58. The van der Waals surface area contributed by atoms with Gasteiger partial charge in [-0.15, -0.1) is 0 Å². The number of hydrogen-bond acceptors (Lipinski definition) is 2. The molecule has 0 unspecified atom stereocenters. The van der Waals surface area contributed by atoms with Crippen LogP contribution in [0.5, 0.6) is 0 Å². The van der Waals surface area contributed by atoms with E-state index in [2.05, 4.69) is 60.6 Å². The van der Waals surface area contributed by atoms with Gasteiger partial charge in [0, 0.05) is 12.6 Å². The molecule has 1 aliphatic rings. The first-order valence-corrected chi connectivity index (χ1v) is 8.74. The number of nitrogens with one attached hydrogen (secondary N) is 1. The molecule has 3 heteroatoms. The molecule has 0 fully saturated rings. The van der Waals surface area contributed by atoms with Crippen molar-refractivity contribution in [2.75, 3.05) is 13.6 Å². The molecule has 0 spiro atoms. The van der Waals surface area contributed by atoms with Crippen LogP contribution in [0.4, 0.5) is 0 Å². The van der Waals surface area contributed by atoms with Crippen molar-refractivity contribution in [3.63, 3.8) is 0 Å². The second-order valence-corrected chi connectivity index (χ2v) is 6.73. The van der Waals surface area contributed by atoms with E-state index in [1.165, 1.54) is 28.7 Å². The monoisotopic (exact) mass is 322 g/mol. The van der Waals surface area contributed by atoms with Crippen molar-refractivity contribution < 1.29 is 4.79 Å². The maximum Gasteiger partial charge on any atom is 0.234 e. The van der Waals surface area contributed by atoms with Gasteiger partial charge in [-0.25, -0.2) is 0 Å². The Hall–Kier alpha value is -2.13. The zero-order valence-corrected chi connectivity index (χ0v) is 14.6. The third-order valence-corrected chi connectivity index (χ3v) is 5.00. The molecule has 0 saturated heterocycles. The molecule has 3 rings (SSSR count). The average molecular weight is 322 g/mol. The van der Waals surface area contributed by atoms with Crippen LogP contribution in [0.15, 0.2) is 48.5 Å². The summed E-state index contributed by atoms with van der Waals surface area (Å²) in [7, 11) is 2.06. The van der Waals surface area contributed by atoms with Crippen LogP contribution in [0, 0.1) is 6.92 Å². The Kier molecular flexibility index (Phi) is 5.31. The van der Waals surface area contributed by atoms with Gasteiger partial charge in [-0.1, -0.05) is 48.5 Å². The summed E-state index contributed by atoms with van der Waals surface area (Å²) < 4.78 is 0. The molecule has 0 aromatic heterocycles. The maximum atomic E-state index is 12.3. The van der Waals surface area contributed by atoms with Gasteiger partial charge in [-0.3, -0.25) is 9.69 Å². The number of rotatable bonds is 5. The van der Waals surface area contributed by atoms with E-state index in [4.69, 9.17) is 0 Å². The number of hydrogen-bond donors (Lipinski definition) is 1. The van der Waals surface area contributed by atoms with Crippen LogP contribution in [0.2, 0.25) is 0 Å². The van der Waals surface area contributed by atoms with Crippen molar-refractivity contribution in [3.05, 3.63) is 70.8 Å². The highest BCUT2D eigenvalue weighted by molar-refractivity contribution is 5.78. The molecule has 1 atom stereocenters. The molecule has 1 aliphatic carbocycles. The fraction of sp³-hybridized carbons (Fsp3) is 0.381. The van der Waals surface area contributed by atoms with Gasteiger partial charge < -0.3 is 5.32 Å². The molecular formula is C21H26N2O. The minimum absolute atomic E-state index is 0.0869. The van der Waals surface area contributed by atoms with E-state index in [1.807, 2.05) is 12.1 Å². The standard InChI is InChI=1S/C21H26N2O/c1-16-8-3-4-10-18(16)14-22-21(24)15-23(2)20-13-7-11-17-9-5-6-12-19(17)20/h3-6,8-10,12,20H,7,11,13-15H2,1-2H3,(H,22,24)/t20-/m0/s1. The third kappa shape index (κ3) is 3.85.